The largest absolute Gasteiger partial charge is 0.497 e. The second kappa shape index (κ2) is 9.28. The van der Waals surface area contributed by atoms with Gasteiger partial charge in [0.15, 0.2) is 0 Å². The molecular formula is C28H28N2O6. The molecule has 2 saturated heterocycles. The molecule has 2 fully saturated rings. The zero-order valence-electron chi connectivity index (χ0n) is 19.9. The van der Waals surface area contributed by atoms with E-state index < -0.39 is 35.6 Å². The topological polar surface area (TPSA) is 96.4 Å². The van der Waals surface area contributed by atoms with Crippen LogP contribution in [0.2, 0.25) is 0 Å². The Bertz CT molecular complexity index is 1210. The first-order valence-electron chi connectivity index (χ1n) is 11.9. The Hall–Kier alpha value is -3.91. The van der Waals surface area contributed by atoms with Gasteiger partial charge in [-0.05, 0) is 23.3 Å². The second-order valence-corrected chi connectivity index (χ2v) is 9.35. The summed E-state index contributed by atoms with van der Waals surface area (Å²) < 4.78 is 11.4. The van der Waals surface area contributed by atoms with Gasteiger partial charge in [0.25, 0.3) is 0 Å². The number of aliphatic carboxylic acids is 1. The number of hydrogen-bond acceptors (Lipinski definition) is 5. The Morgan fingerprint density at radius 3 is 2.53 bits per heavy atom. The molecule has 2 aromatic carbocycles. The fourth-order valence-electron chi connectivity index (χ4n) is 5.69. The number of ether oxygens (including phenoxy) is 2. The number of carbonyl (C=O) groups is 3. The van der Waals surface area contributed by atoms with E-state index >= 15 is 0 Å². The molecule has 2 aromatic rings. The lowest BCUT2D eigenvalue weighted by molar-refractivity contribution is -0.150. The van der Waals surface area contributed by atoms with Crippen molar-refractivity contribution in [3.63, 3.8) is 0 Å². The summed E-state index contributed by atoms with van der Waals surface area (Å²) in [5.74, 6) is -3.14. The number of carboxylic acids is 1. The van der Waals surface area contributed by atoms with E-state index in [1.165, 1.54) is 4.90 Å². The first-order valence-corrected chi connectivity index (χ1v) is 11.9. The minimum absolute atomic E-state index is 0.138. The zero-order chi connectivity index (χ0) is 25.4. The Morgan fingerprint density at radius 2 is 1.89 bits per heavy atom. The van der Waals surface area contributed by atoms with Crippen molar-refractivity contribution < 1.29 is 29.0 Å². The molecule has 2 bridgehead atoms. The molecule has 186 valence electrons. The molecule has 3 aliphatic rings. The van der Waals surface area contributed by atoms with Gasteiger partial charge in [-0.1, -0.05) is 60.7 Å². The number of carboxylic acid groups (broad SMARTS) is 1. The summed E-state index contributed by atoms with van der Waals surface area (Å²) in [6.07, 6.45) is 4.31. The summed E-state index contributed by atoms with van der Waals surface area (Å²) in [6, 6.07) is 15.8. The number of nitrogens with zero attached hydrogens (tertiary/aromatic N) is 2. The Morgan fingerprint density at radius 1 is 1.17 bits per heavy atom. The summed E-state index contributed by atoms with van der Waals surface area (Å²) in [6.45, 7) is 4.54. The van der Waals surface area contributed by atoms with Crippen molar-refractivity contribution in [2.75, 3.05) is 13.7 Å². The number of hydrogen-bond donors (Lipinski definition) is 1. The van der Waals surface area contributed by atoms with Crippen molar-refractivity contribution >= 4 is 17.8 Å². The van der Waals surface area contributed by atoms with E-state index in [1.807, 2.05) is 42.5 Å². The van der Waals surface area contributed by atoms with Crippen LogP contribution in [0.3, 0.4) is 0 Å². The number of rotatable bonds is 9. The minimum Gasteiger partial charge on any atom is -0.497 e. The van der Waals surface area contributed by atoms with Crippen LogP contribution in [0.15, 0.2) is 79.4 Å². The van der Waals surface area contributed by atoms with E-state index in [1.54, 1.807) is 42.4 Å². The fourth-order valence-corrected chi connectivity index (χ4v) is 5.69. The molecule has 5 unspecified atom stereocenters. The van der Waals surface area contributed by atoms with Gasteiger partial charge in [0.2, 0.25) is 11.8 Å². The predicted molar refractivity (Wildman–Crippen MR) is 131 cm³/mol. The predicted octanol–water partition coefficient (Wildman–Crippen LogP) is 2.65. The standard InChI is InChI=1S/C28H28N2O6/c1-3-15-29(16-18-7-5-4-6-8-18)26(32)24-28-14-13-21(36-28)22(27(33)34)23(28)25(31)30(24)17-19-9-11-20(35-2)12-10-19/h3-14,21-24H,1,15-17H2,2H3,(H,33,34). The molecule has 1 N–H and O–H groups in total. The third-order valence-electron chi connectivity index (χ3n) is 7.28. The van der Waals surface area contributed by atoms with Gasteiger partial charge in [-0.2, -0.15) is 0 Å². The van der Waals surface area contributed by atoms with Crippen LogP contribution in [0.1, 0.15) is 11.1 Å². The van der Waals surface area contributed by atoms with Gasteiger partial charge in [0.1, 0.15) is 23.3 Å². The lowest BCUT2D eigenvalue weighted by atomic mass is 9.74. The molecule has 5 rings (SSSR count). The van der Waals surface area contributed by atoms with Gasteiger partial charge in [-0.3, -0.25) is 14.4 Å². The quantitative estimate of drug-likeness (QED) is 0.546. The molecule has 3 aliphatic heterocycles. The molecule has 0 aliphatic carbocycles. The number of carbonyl (C=O) groups excluding carboxylic acids is 2. The monoisotopic (exact) mass is 488 g/mol. The van der Waals surface area contributed by atoms with Crippen molar-refractivity contribution in [2.24, 2.45) is 11.8 Å². The summed E-state index contributed by atoms with van der Waals surface area (Å²) in [5.41, 5.74) is 0.398. The number of benzene rings is 2. The zero-order valence-corrected chi connectivity index (χ0v) is 19.9. The lowest BCUT2D eigenvalue weighted by Gasteiger charge is -2.36. The normalized spacial score (nSPS) is 27.7. The number of fused-ring (bicyclic) bond motifs is 1. The maximum Gasteiger partial charge on any atom is 0.310 e. The first-order chi connectivity index (χ1) is 17.4. The average Bonchev–Trinajstić information content (AvgIpc) is 3.52. The van der Waals surface area contributed by atoms with Crippen molar-refractivity contribution in [1.29, 1.82) is 0 Å². The van der Waals surface area contributed by atoms with Crippen LogP contribution in [-0.2, 0) is 32.2 Å². The van der Waals surface area contributed by atoms with Crippen molar-refractivity contribution in [3.05, 3.63) is 90.5 Å². The third kappa shape index (κ3) is 3.78. The van der Waals surface area contributed by atoms with Crippen LogP contribution in [-0.4, -0.2) is 64.1 Å². The maximum atomic E-state index is 14.2. The molecule has 3 heterocycles. The van der Waals surface area contributed by atoms with Crippen LogP contribution in [0.5, 0.6) is 5.75 Å². The molecule has 0 aromatic heterocycles. The summed E-state index contributed by atoms with van der Waals surface area (Å²) in [5, 5.41) is 9.94. The lowest BCUT2D eigenvalue weighted by Crippen LogP contribution is -2.55. The van der Waals surface area contributed by atoms with Crippen molar-refractivity contribution in [2.45, 2.75) is 30.8 Å². The van der Waals surface area contributed by atoms with Crippen LogP contribution in [0.4, 0.5) is 0 Å². The van der Waals surface area contributed by atoms with Gasteiger partial charge >= 0.3 is 5.97 Å². The van der Waals surface area contributed by atoms with Gasteiger partial charge < -0.3 is 24.4 Å². The molecule has 1 spiro atoms. The van der Waals surface area contributed by atoms with Gasteiger partial charge in [-0.25, -0.2) is 0 Å². The van der Waals surface area contributed by atoms with Gasteiger partial charge in [0.05, 0.1) is 19.1 Å². The number of methoxy groups -OCH3 is 1. The smallest absolute Gasteiger partial charge is 0.310 e. The van der Waals surface area contributed by atoms with E-state index in [0.717, 1.165) is 11.1 Å². The van der Waals surface area contributed by atoms with E-state index in [2.05, 4.69) is 6.58 Å². The number of amides is 2. The molecule has 2 amide bonds. The fraction of sp³-hybridized carbons (Fsp3) is 0.321. The Balaban J connectivity index is 1.54. The SMILES string of the molecule is C=CCN(Cc1ccccc1)C(=O)C1N(Cc2ccc(OC)cc2)C(=O)C2C(C(=O)O)C3C=CC21O3. The highest BCUT2D eigenvalue weighted by atomic mass is 16.5. The van der Waals surface area contributed by atoms with E-state index in [9.17, 15) is 19.5 Å². The van der Waals surface area contributed by atoms with E-state index in [0.29, 0.717) is 12.3 Å². The number of likely N-dealkylation sites (tertiary alicyclic amines) is 1. The first kappa shape index (κ1) is 23.8. The highest BCUT2D eigenvalue weighted by Crippen LogP contribution is 2.55. The summed E-state index contributed by atoms with van der Waals surface area (Å²) in [4.78, 5) is 43.3. The molecule has 8 nitrogen and oxygen atoms in total. The second-order valence-electron chi connectivity index (χ2n) is 9.35. The van der Waals surface area contributed by atoms with Crippen LogP contribution < -0.4 is 4.74 Å². The average molecular weight is 489 g/mol. The van der Waals surface area contributed by atoms with Crippen molar-refractivity contribution in [3.8, 4) is 5.75 Å². The molecule has 5 atom stereocenters. The molecule has 0 radical (unpaired) electrons. The maximum absolute atomic E-state index is 14.2. The van der Waals surface area contributed by atoms with E-state index in [4.69, 9.17) is 9.47 Å². The molecule has 0 saturated carbocycles. The molecule has 8 heteroatoms. The van der Waals surface area contributed by atoms with E-state index in [-0.39, 0.29) is 24.9 Å². The van der Waals surface area contributed by atoms with Gasteiger partial charge in [-0.15, -0.1) is 6.58 Å². The molecule has 36 heavy (non-hydrogen) atoms. The Kier molecular flexibility index (Phi) is 6.14. The van der Waals surface area contributed by atoms with Crippen molar-refractivity contribution in [1.82, 2.24) is 9.80 Å². The van der Waals surface area contributed by atoms with Crippen LogP contribution in [0, 0.1) is 11.8 Å². The van der Waals surface area contributed by atoms with Gasteiger partial charge in [0, 0.05) is 19.6 Å². The van der Waals surface area contributed by atoms with Crippen LogP contribution >= 0.6 is 0 Å². The highest BCUT2D eigenvalue weighted by Gasteiger charge is 2.73. The third-order valence-corrected chi connectivity index (χ3v) is 7.28. The Labute approximate surface area is 209 Å². The molecular weight excluding hydrogens is 460 g/mol. The minimum atomic E-state index is -1.33. The summed E-state index contributed by atoms with van der Waals surface area (Å²) in [7, 11) is 1.57. The van der Waals surface area contributed by atoms with Crippen LogP contribution in [0.25, 0.3) is 0 Å². The highest BCUT2D eigenvalue weighted by molar-refractivity contribution is 5.99. The summed E-state index contributed by atoms with van der Waals surface area (Å²) >= 11 is 0.